The quantitative estimate of drug-likeness (QED) is 0.123. The number of rotatable bonds is 3. The van der Waals surface area contributed by atoms with Gasteiger partial charge in [-0.05, 0) is 132 Å². The third-order valence-corrected chi connectivity index (χ3v) is 16.0. The molecule has 0 unspecified atom stereocenters. The van der Waals surface area contributed by atoms with E-state index in [0.717, 1.165) is 0 Å². The number of fused-ring (bicyclic) bond motifs is 18. The van der Waals surface area contributed by atoms with E-state index >= 15 is 0 Å². The number of hydrogen-bond donors (Lipinski definition) is 0. The summed E-state index contributed by atoms with van der Waals surface area (Å²) in [6.07, 6.45) is 0. The lowest BCUT2D eigenvalue weighted by Crippen LogP contribution is -1.93. The van der Waals surface area contributed by atoms with Crippen molar-refractivity contribution in [3.63, 3.8) is 0 Å². The minimum atomic E-state index is 1.23. The average molecular weight is 863 g/mol. The molecule has 0 atom stereocenters. The molecular formula is C66H38S. The molecule has 1 heterocycles. The van der Waals surface area contributed by atoms with Crippen LogP contribution in [0, 0.1) is 0 Å². The Hall–Kier alpha value is -8.36. The first-order valence-electron chi connectivity index (χ1n) is 23.2. The largest absolute Gasteiger partial charge is 0.134 e. The van der Waals surface area contributed by atoms with Crippen LogP contribution in [0.2, 0.25) is 0 Å². The van der Waals surface area contributed by atoms with Crippen LogP contribution in [0.15, 0.2) is 231 Å². The van der Waals surface area contributed by atoms with Gasteiger partial charge in [-0.3, -0.25) is 0 Å². The van der Waals surface area contributed by atoms with E-state index in [1.807, 2.05) is 11.3 Å². The van der Waals surface area contributed by atoms with E-state index in [0.29, 0.717) is 0 Å². The molecule has 0 radical (unpaired) electrons. The van der Waals surface area contributed by atoms with Gasteiger partial charge in [0.1, 0.15) is 0 Å². The first-order valence-corrected chi connectivity index (χ1v) is 24.1. The van der Waals surface area contributed by atoms with Gasteiger partial charge in [0.25, 0.3) is 0 Å². The van der Waals surface area contributed by atoms with Crippen LogP contribution < -0.4 is 0 Å². The van der Waals surface area contributed by atoms with Gasteiger partial charge in [0.15, 0.2) is 0 Å². The molecule has 14 aromatic carbocycles. The fraction of sp³-hybridized carbons (Fsp3) is 0. The molecule has 15 aromatic rings. The summed E-state index contributed by atoms with van der Waals surface area (Å²) in [5, 5.41) is 25.8. The SMILES string of the molecule is c1ccc2cc(-c3ccc(-c4c5ccccc5c(-c5ccc6c(c5)c5ccccc5c5c6ccc6c7ccc8ccc9ccccc9c8c7sc65)c5ccccc45)c4ccccc34)ccc2c1. The van der Waals surface area contributed by atoms with Gasteiger partial charge in [-0.1, -0.05) is 218 Å². The smallest absolute Gasteiger partial charge is 0.0440 e. The molecule has 0 spiro atoms. The molecule has 0 saturated heterocycles. The molecule has 0 bridgehead atoms. The van der Waals surface area contributed by atoms with E-state index in [1.165, 1.54) is 151 Å². The molecule has 15 rings (SSSR count). The van der Waals surface area contributed by atoms with E-state index in [9.17, 15) is 0 Å². The Labute approximate surface area is 390 Å². The first-order chi connectivity index (χ1) is 33.2. The van der Waals surface area contributed by atoms with Crippen molar-refractivity contribution < 1.29 is 0 Å². The lowest BCUT2D eigenvalue weighted by atomic mass is 9.83. The Bertz CT molecular complexity index is 4550. The van der Waals surface area contributed by atoms with Crippen molar-refractivity contribution in [1.29, 1.82) is 0 Å². The van der Waals surface area contributed by atoms with Crippen LogP contribution in [0.3, 0.4) is 0 Å². The van der Waals surface area contributed by atoms with Gasteiger partial charge in [-0.2, -0.15) is 0 Å². The zero-order valence-corrected chi connectivity index (χ0v) is 37.2. The summed E-state index contributed by atoms with van der Waals surface area (Å²) < 4.78 is 2.73. The molecule has 0 aliphatic rings. The van der Waals surface area contributed by atoms with E-state index in [1.54, 1.807) is 0 Å². The zero-order valence-electron chi connectivity index (χ0n) is 36.3. The highest BCUT2D eigenvalue weighted by Crippen LogP contribution is 2.50. The standard InChI is InChI=1S/C66H38S/c1-2-15-42-37-43(28-25-39(42)13-1)45-33-34-56(48-18-6-5-17-47(45)48)63-54-23-11-9-21-52(54)61(53-22-10-12-24-55(53)63)44-30-31-50-57-35-36-59-58-32-29-41-27-26-40-14-3-4-16-46(40)62(41)65(58)67-66(59)64(57)51-20-8-7-19-49(51)60(50)38-44/h1-38H. The average Bonchev–Trinajstić information content (AvgIpc) is 3.79. The molecule has 308 valence electrons. The second-order valence-corrected chi connectivity index (χ2v) is 19.2. The Kier molecular flexibility index (Phi) is 7.75. The molecule has 0 saturated carbocycles. The topological polar surface area (TPSA) is 0 Å². The van der Waals surface area contributed by atoms with E-state index in [2.05, 4.69) is 231 Å². The predicted octanol–water partition coefficient (Wildman–Crippen LogP) is 19.4. The summed E-state index contributed by atoms with van der Waals surface area (Å²) in [5.41, 5.74) is 7.52. The molecule has 67 heavy (non-hydrogen) atoms. The van der Waals surface area contributed by atoms with Crippen LogP contribution in [0.5, 0.6) is 0 Å². The fourth-order valence-electron chi connectivity index (χ4n) is 11.8. The third kappa shape index (κ3) is 5.29. The fourth-order valence-corrected chi connectivity index (χ4v) is 13.3. The summed E-state index contributed by atoms with van der Waals surface area (Å²) in [7, 11) is 0. The normalized spacial score (nSPS) is 12.2. The van der Waals surface area contributed by atoms with Gasteiger partial charge in [0.05, 0.1) is 0 Å². The summed E-state index contributed by atoms with van der Waals surface area (Å²) >= 11 is 1.96. The Balaban J connectivity index is 0.967. The van der Waals surface area contributed by atoms with Crippen molar-refractivity contribution in [2.45, 2.75) is 0 Å². The molecule has 1 aromatic heterocycles. The van der Waals surface area contributed by atoms with Crippen LogP contribution >= 0.6 is 11.3 Å². The Morgan fingerprint density at radius 3 is 1.40 bits per heavy atom. The van der Waals surface area contributed by atoms with Crippen LogP contribution in [0.1, 0.15) is 0 Å². The van der Waals surface area contributed by atoms with Gasteiger partial charge in [0, 0.05) is 30.9 Å². The van der Waals surface area contributed by atoms with Gasteiger partial charge in [0.2, 0.25) is 0 Å². The van der Waals surface area contributed by atoms with Crippen LogP contribution in [-0.2, 0) is 0 Å². The third-order valence-electron chi connectivity index (χ3n) is 14.8. The highest BCUT2D eigenvalue weighted by atomic mass is 32.1. The number of hydrogen-bond acceptors (Lipinski definition) is 1. The maximum absolute atomic E-state index is 2.48. The lowest BCUT2D eigenvalue weighted by molar-refractivity contribution is 1.66. The molecule has 0 aliphatic heterocycles. The summed E-state index contributed by atoms with van der Waals surface area (Å²) in [6.45, 7) is 0. The molecular weight excluding hydrogens is 825 g/mol. The minimum Gasteiger partial charge on any atom is -0.134 e. The van der Waals surface area contributed by atoms with Crippen molar-refractivity contribution in [3.05, 3.63) is 231 Å². The zero-order chi connectivity index (χ0) is 43.7. The van der Waals surface area contributed by atoms with E-state index in [-0.39, 0.29) is 0 Å². The van der Waals surface area contributed by atoms with Gasteiger partial charge >= 0.3 is 0 Å². The van der Waals surface area contributed by atoms with Crippen LogP contribution in [-0.4, -0.2) is 0 Å². The molecule has 0 fully saturated rings. The molecule has 0 N–H and O–H groups in total. The summed E-state index contributed by atoms with van der Waals surface area (Å²) in [4.78, 5) is 0. The van der Waals surface area contributed by atoms with Crippen molar-refractivity contribution in [3.8, 4) is 33.4 Å². The van der Waals surface area contributed by atoms with E-state index < -0.39 is 0 Å². The Morgan fingerprint density at radius 2 is 0.657 bits per heavy atom. The maximum atomic E-state index is 2.48. The summed E-state index contributed by atoms with van der Waals surface area (Å²) in [5.74, 6) is 0. The van der Waals surface area contributed by atoms with Crippen LogP contribution in [0.4, 0.5) is 0 Å². The first kappa shape index (κ1) is 36.9. The monoisotopic (exact) mass is 862 g/mol. The highest BCUT2D eigenvalue weighted by Gasteiger charge is 2.21. The molecule has 0 amide bonds. The molecule has 0 nitrogen and oxygen atoms in total. The van der Waals surface area contributed by atoms with Gasteiger partial charge in [-0.25, -0.2) is 0 Å². The number of benzene rings is 14. The summed E-state index contributed by atoms with van der Waals surface area (Å²) in [6, 6.07) is 86.5. The van der Waals surface area contributed by atoms with Gasteiger partial charge in [-0.15, -0.1) is 11.3 Å². The maximum Gasteiger partial charge on any atom is 0.0440 e. The highest BCUT2D eigenvalue weighted by molar-refractivity contribution is 7.27. The van der Waals surface area contributed by atoms with Crippen LogP contribution in [0.25, 0.3) is 151 Å². The van der Waals surface area contributed by atoms with Crippen molar-refractivity contribution in [1.82, 2.24) is 0 Å². The predicted molar refractivity (Wildman–Crippen MR) is 293 cm³/mol. The lowest BCUT2D eigenvalue weighted by Gasteiger charge is -2.20. The van der Waals surface area contributed by atoms with Crippen molar-refractivity contribution in [2.24, 2.45) is 0 Å². The van der Waals surface area contributed by atoms with E-state index in [4.69, 9.17) is 0 Å². The second-order valence-electron chi connectivity index (χ2n) is 18.2. The number of thiophene rings is 1. The minimum absolute atomic E-state index is 1.23. The second kappa shape index (κ2) is 14.1. The van der Waals surface area contributed by atoms with Crippen molar-refractivity contribution in [2.75, 3.05) is 0 Å². The van der Waals surface area contributed by atoms with Gasteiger partial charge < -0.3 is 0 Å². The van der Waals surface area contributed by atoms with Crippen molar-refractivity contribution >= 4 is 128 Å². The molecule has 1 heteroatoms. The molecule has 0 aliphatic carbocycles. The Morgan fingerprint density at radius 1 is 0.209 bits per heavy atom.